The summed E-state index contributed by atoms with van der Waals surface area (Å²) in [5.74, 6) is 1.21. The van der Waals surface area contributed by atoms with Crippen LogP contribution >= 0.6 is 15.9 Å². The number of ether oxygens (including phenoxy) is 1. The predicted octanol–water partition coefficient (Wildman–Crippen LogP) is 3.65. The molecular formula is C12H14BrNO. The fraction of sp³-hybridized carbons (Fsp3) is 0.417. The molecule has 15 heavy (non-hydrogen) atoms. The van der Waals surface area contributed by atoms with Gasteiger partial charge < -0.3 is 4.74 Å². The van der Waals surface area contributed by atoms with E-state index in [4.69, 9.17) is 10.00 Å². The Morgan fingerprint density at radius 1 is 1.47 bits per heavy atom. The summed E-state index contributed by atoms with van der Waals surface area (Å²) in [6.07, 6.45) is 0.420. The molecule has 0 bridgehead atoms. The van der Waals surface area contributed by atoms with Crippen LogP contribution in [-0.4, -0.2) is 7.11 Å². The molecule has 0 saturated carbocycles. The van der Waals surface area contributed by atoms with Crippen molar-refractivity contribution in [3.8, 4) is 11.8 Å². The number of nitrogens with zero attached hydrogens (tertiary/aromatic N) is 1. The van der Waals surface area contributed by atoms with Crippen LogP contribution in [0.4, 0.5) is 0 Å². The third-order valence-electron chi connectivity index (χ3n) is 2.26. The molecule has 0 fully saturated rings. The first-order valence-electron chi connectivity index (χ1n) is 4.83. The van der Waals surface area contributed by atoms with E-state index in [1.807, 2.05) is 12.1 Å². The molecular weight excluding hydrogens is 254 g/mol. The predicted molar refractivity (Wildman–Crippen MR) is 64.1 cm³/mol. The van der Waals surface area contributed by atoms with Gasteiger partial charge in [-0.25, -0.2) is 0 Å². The number of hydrogen-bond donors (Lipinski definition) is 0. The van der Waals surface area contributed by atoms with Gasteiger partial charge in [-0.3, -0.25) is 0 Å². The Bertz CT molecular complexity index is 393. The van der Waals surface area contributed by atoms with Crippen molar-refractivity contribution in [3.05, 3.63) is 27.7 Å². The second-order valence-corrected chi connectivity index (χ2v) is 4.59. The maximum absolute atomic E-state index is 8.77. The third-order valence-corrected chi connectivity index (χ3v) is 2.72. The van der Waals surface area contributed by atoms with Crippen LogP contribution < -0.4 is 4.74 Å². The zero-order chi connectivity index (χ0) is 11.4. The molecule has 1 rings (SSSR count). The maximum Gasteiger partial charge on any atom is 0.123 e. The van der Waals surface area contributed by atoms with Crippen LogP contribution in [0.3, 0.4) is 0 Å². The van der Waals surface area contributed by atoms with E-state index in [0.29, 0.717) is 12.3 Å². The summed E-state index contributed by atoms with van der Waals surface area (Å²) in [6.45, 7) is 4.21. The summed E-state index contributed by atoms with van der Waals surface area (Å²) >= 11 is 3.42. The maximum atomic E-state index is 8.77. The van der Waals surface area contributed by atoms with Crippen molar-refractivity contribution in [2.24, 2.45) is 0 Å². The van der Waals surface area contributed by atoms with Crippen LogP contribution in [-0.2, 0) is 6.42 Å². The highest BCUT2D eigenvalue weighted by atomic mass is 79.9. The van der Waals surface area contributed by atoms with E-state index in [1.54, 1.807) is 7.11 Å². The van der Waals surface area contributed by atoms with Crippen molar-refractivity contribution in [2.45, 2.75) is 26.2 Å². The number of benzene rings is 1. The second-order valence-electron chi connectivity index (χ2n) is 3.67. The molecule has 0 atom stereocenters. The SMILES string of the molecule is COc1cc(Br)cc(CC#N)c1C(C)C. The highest BCUT2D eigenvalue weighted by Gasteiger charge is 2.13. The molecule has 2 nitrogen and oxygen atoms in total. The number of nitriles is 1. The van der Waals surface area contributed by atoms with E-state index >= 15 is 0 Å². The number of hydrogen-bond acceptors (Lipinski definition) is 2. The third kappa shape index (κ3) is 2.73. The standard InChI is InChI=1S/C12H14BrNO/c1-8(2)12-9(4-5-14)6-10(13)7-11(12)15-3/h6-8H,4H2,1-3H3. The fourth-order valence-corrected chi connectivity index (χ4v) is 2.19. The van der Waals surface area contributed by atoms with Crippen LogP contribution in [0.5, 0.6) is 5.75 Å². The van der Waals surface area contributed by atoms with Crippen molar-refractivity contribution in [1.29, 1.82) is 5.26 Å². The molecule has 0 unspecified atom stereocenters. The molecule has 3 heteroatoms. The molecule has 0 N–H and O–H groups in total. The Labute approximate surface area is 99.0 Å². The van der Waals surface area contributed by atoms with Gasteiger partial charge >= 0.3 is 0 Å². The first-order valence-corrected chi connectivity index (χ1v) is 5.62. The fourth-order valence-electron chi connectivity index (χ4n) is 1.70. The second kappa shape index (κ2) is 5.18. The lowest BCUT2D eigenvalue weighted by Gasteiger charge is -2.16. The van der Waals surface area contributed by atoms with Crippen molar-refractivity contribution in [1.82, 2.24) is 0 Å². The van der Waals surface area contributed by atoms with Gasteiger partial charge in [0.25, 0.3) is 0 Å². The van der Waals surface area contributed by atoms with E-state index in [0.717, 1.165) is 21.3 Å². The monoisotopic (exact) mass is 267 g/mol. The Morgan fingerprint density at radius 2 is 2.13 bits per heavy atom. The first kappa shape index (κ1) is 12.1. The summed E-state index contributed by atoms with van der Waals surface area (Å²) in [6, 6.07) is 6.11. The Morgan fingerprint density at radius 3 is 2.60 bits per heavy atom. The molecule has 0 amide bonds. The quantitative estimate of drug-likeness (QED) is 0.838. The zero-order valence-electron chi connectivity index (χ0n) is 9.17. The smallest absolute Gasteiger partial charge is 0.123 e. The van der Waals surface area contributed by atoms with Gasteiger partial charge in [0.1, 0.15) is 5.75 Å². The topological polar surface area (TPSA) is 33.0 Å². The van der Waals surface area contributed by atoms with Crippen molar-refractivity contribution in [2.75, 3.05) is 7.11 Å². The molecule has 1 aromatic carbocycles. The molecule has 0 aliphatic carbocycles. The lowest BCUT2D eigenvalue weighted by molar-refractivity contribution is 0.406. The molecule has 0 radical (unpaired) electrons. The first-order chi connectivity index (χ1) is 7.10. The normalized spacial score (nSPS) is 10.1. The number of halogens is 1. The average Bonchev–Trinajstić information content (AvgIpc) is 2.16. The summed E-state index contributed by atoms with van der Waals surface area (Å²) in [7, 11) is 1.66. The Balaban J connectivity index is 3.34. The number of rotatable bonds is 3. The molecule has 0 aliphatic heterocycles. The van der Waals surface area contributed by atoms with Gasteiger partial charge in [0, 0.05) is 10.0 Å². The van der Waals surface area contributed by atoms with E-state index in [2.05, 4.69) is 35.8 Å². The summed E-state index contributed by atoms with van der Waals surface area (Å²) in [5.41, 5.74) is 2.17. The van der Waals surface area contributed by atoms with Crippen LogP contribution in [0, 0.1) is 11.3 Å². The lowest BCUT2D eigenvalue weighted by Crippen LogP contribution is -2.00. The van der Waals surface area contributed by atoms with E-state index in [1.165, 1.54) is 0 Å². The van der Waals surface area contributed by atoms with Crippen LogP contribution in [0.25, 0.3) is 0 Å². The molecule has 0 aliphatic rings. The van der Waals surface area contributed by atoms with E-state index in [-0.39, 0.29) is 0 Å². The van der Waals surface area contributed by atoms with Gasteiger partial charge in [0.15, 0.2) is 0 Å². The molecule has 0 aromatic heterocycles. The molecule has 0 heterocycles. The van der Waals surface area contributed by atoms with Gasteiger partial charge in [0.2, 0.25) is 0 Å². The van der Waals surface area contributed by atoms with Gasteiger partial charge in [-0.1, -0.05) is 29.8 Å². The largest absolute Gasteiger partial charge is 0.496 e. The summed E-state index contributed by atoms with van der Waals surface area (Å²) in [5, 5.41) is 8.77. The minimum Gasteiger partial charge on any atom is -0.496 e. The molecule has 0 spiro atoms. The molecule has 80 valence electrons. The van der Waals surface area contributed by atoms with Crippen LogP contribution in [0.2, 0.25) is 0 Å². The van der Waals surface area contributed by atoms with Gasteiger partial charge in [-0.2, -0.15) is 5.26 Å². The molecule has 0 saturated heterocycles. The van der Waals surface area contributed by atoms with Crippen LogP contribution in [0.1, 0.15) is 30.9 Å². The van der Waals surface area contributed by atoms with Crippen molar-refractivity contribution < 1.29 is 4.74 Å². The average molecular weight is 268 g/mol. The van der Waals surface area contributed by atoms with E-state index < -0.39 is 0 Å². The lowest BCUT2D eigenvalue weighted by atomic mass is 9.94. The Hall–Kier alpha value is -1.01. The summed E-state index contributed by atoms with van der Waals surface area (Å²) in [4.78, 5) is 0. The van der Waals surface area contributed by atoms with E-state index in [9.17, 15) is 0 Å². The van der Waals surface area contributed by atoms with Gasteiger partial charge in [-0.05, 0) is 23.6 Å². The van der Waals surface area contributed by atoms with Crippen LogP contribution in [0.15, 0.2) is 16.6 Å². The minimum absolute atomic E-state index is 0.358. The van der Waals surface area contributed by atoms with Crippen molar-refractivity contribution in [3.63, 3.8) is 0 Å². The van der Waals surface area contributed by atoms with Gasteiger partial charge in [0.05, 0.1) is 19.6 Å². The Kier molecular flexibility index (Phi) is 4.16. The highest BCUT2D eigenvalue weighted by Crippen LogP contribution is 2.33. The van der Waals surface area contributed by atoms with Gasteiger partial charge in [-0.15, -0.1) is 0 Å². The zero-order valence-corrected chi connectivity index (χ0v) is 10.8. The molecule has 1 aromatic rings. The van der Waals surface area contributed by atoms with Crippen molar-refractivity contribution >= 4 is 15.9 Å². The number of methoxy groups -OCH3 is 1. The summed E-state index contributed by atoms with van der Waals surface area (Å²) < 4.78 is 6.29. The highest BCUT2D eigenvalue weighted by molar-refractivity contribution is 9.10. The minimum atomic E-state index is 0.358.